The molecule has 0 aliphatic heterocycles. The van der Waals surface area contributed by atoms with Crippen LogP contribution in [0.5, 0.6) is 0 Å². The minimum Gasteiger partial charge on any atom is -0.355 e. The van der Waals surface area contributed by atoms with Crippen LogP contribution in [0.3, 0.4) is 0 Å². The molecule has 0 radical (unpaired) electrons. The van der Waals surface area contributed by atoms with Gasteiger partial charge in [-0.05, 0) is 73.7 Å². The van der Waals surface area contributed by atoms with E-state index in [0.717, 1.165) is 27.8 Å². The third kappa shape index (κ3) is 4.30. The van der Waals surface area contributed by atoms with Crippen molar-refractivity contribution in [2.24, 2.45) is 7.05 Å². The first-order chi connectivity index (χ1) is 15.4. The fourth-order valence-corrected chi connectivity index (χ4v) is 3.67. The molecule has 0 spiro atoms. The molecule has 0 unspecified atom stereocenters. The number of nitrogens with one attached hydrogen (secondary N) is 2. The number of benzene rings is 2. The minimum atomic E-state index is -0.281. The molecule has 4 aromatic rings. The van der Waals surface area contributed by atoms with Crippen molar-refractivity contribution in [3.8, 4) is 0 Å². The summed E-state index contributed by atoms with van der Waals surface area (Å²) in [5.74, 6) is -0.0337. The van der Waals surface area contributed by atoms with E-state index in [2.05, 4.69) is 25.7 Å². The van der Waals surface area contributed by atoms with Crippen LogP contribution in [0.4, 0.5) is 16.0 Å². The molecular formula is C24H25FN6O. The molecule has 1 amide bonds. The van der Waals surface area contributed by atoms with Crippen LogP contribution in [-0.2, 0) is 19.9 Å². The third-order valence-electron chi connectivity index (χ3n) is 5.59. The maximum Gasteiger partial charge on any atom is 0.251 e. The summed E-state index contributed by atoms with van der Waals surface area (Å²) in [5, 5.41) is 11.4. The summed E-state index contributed by atoms with van der Waals surface area (Å²) < 4.78 is 16.4. The molecule has 164 valence electrons. The molecule has 0 bridgehead atoms. The number of anilines is 2. The fourth-order valence-electron chi connectivity index (χ4n) is 3.67. The Labute approximate surface area is 185 Å². The van der Waals surface area contributed by atoms with E-state index in [0.29, 0.717) is 35.5 Å². The predicted octanol–water partition coefficient (Wildman–Crippen LogP) is 4.01. The second kappa shape index (κ2) is 8.74. The molecule has 0 atom stereocenters. The van der Waals surface area contributed by atoms with Crippen molar-refractivity contribution in [2.75, 3.05) is 12.4 Å². The first kappa shape index (κ1) is 21.4. The minimum absolute atomic E-state index is 0.229. The van der Waals surface area contributed by atoms with E-state index >= 15 is 0 Å². The van der Waals surface area contributed by atoms with E-state index in [9.17, 15) is 9.18 Å². The van der Waals surface area contributed by atoms with Crippen molar-refractivity contribution < 1.29 is 9.18 Å². The van der Waals surface area contributed by atoms with E-state index in [4.69, 9.17) is 0 Å². The molecule has 4 rings (SSSR count). The molecular weight excluding hydrogens is 407 g/mol. The Morgan fingerprint density at radius 2 is 1.84 bits per heavy atom. The molecule has 2 aromatic carbocycles. The van der Waals surface area contributed by atoms with Gasteiger partial charge in [0.15, 0.2) is 0 Å². The molecule has 0 aliphatic carbocycles. The van der Waals surface area contributed by atoms with Gasteiger partial charge < -0.3 is 10.6 Å². The van der Waals surface area contributed by atoms with Crippen molar-refractivity contribution in [1.82, 2.24) is 25.1 Å². The summed E-state index contributed by atoms with van der Waals surface area (Å²) in [6, 6.07) is 9.12. The predicted molar refractivity (Wildman–Crippen MR) is 123 cm³/mol. The van der Waals surface area contributed by atoms with Crippen LogP contribution in [0, 0.1) is 19.7 Å². The number of aromatic nitrogens is 4. The monoisotopic (exact) mass is 432 g/mol. The highest BCUT2D eigenvalue weighted by Gasteiger charge is 2.12. The van der Waals surface area contributed by atoms with Gasteiger partial charge in [-0.1, -0.05) is 0 Å². The lowest BCUT2D eigenvalue weighted by molar-refractivity contribution is 0.0963. The Bertz CT molecular complexity index is 1300. The number of amides is 1. The number of nitrogens with zero attached hydrogens (tertiary/aromatic N) is 4. The van der Waals surface area contributed by atoms with Crippen LogP contribution in [0.1, 0.15) is 32.7 Å². The smallest absolute Gasteiger partial charge is 0.251 e. The van der Waals surface area contributed by atoms with Crippen LogP contribution in [0.15, 0.2) is 42.7 Å². The summed E-state index contributed by atoms with van der Waals surface area (Å²) in [6.07, 6.45) is 4.47. The summed E-state index contributed by atoms with van der Waals surface area (Å²) in [4.78, 5) is 20.7. The van der Waals surface area contributed by atoms with Crippen LogP contribution >= 0.6 is 0 Å². The SMILES string of the molecule is CNC(=O)c1cc(C)c(F)c(CCc2cnc(Nc3ccc4c(C)n(C)nc4c3)nc2)c1. The van der Waals surface area contributed by atoms with Gasteiger partial charge >= 0.3 is 0 Å². The summed E-state index contributed by atoms with van der Waals surface area (Å²) in [7, 11) is 3.48. The van der Waals surface area contributed by atoms with Crippen LogP contribution in [-0.4, -0.2) is 32.7 Å². The summed E-state index contributed by atoms with van der Waals surface area (Å²) in [5.41, 5.74) is 5.17. The largest absolute Gasteiger partial charge is 0.355 e. The van der Waals surface area contributed by atoms with Crippen molar-refractivity contribution in [1.29, 1.82) is 0 Å². The van der Waals surface area contributed by atoms with Gasteiger partial charge in [0, 0.05) is 48.8 Å². The van der Waals surface area contributed by atoms with Gasteiger partial charge in [-0.3, -0.25) is 9.48 Å². The third-order valence-corrected chi connectivity index (χ3v) is 5.59. The molecule has 2 N–H and O–H groups in total. The first-order valence-electron chi connectivity index (χ1n) is 10.4. The molecule has 0 saturated heterocycles. The number of halogens is 1. The fraction of sp³-hybridized carbons (Fsp3) is 0.250. The normalized spacial score (nSPS) is 11.0. The number of fused-ring (bicyclic) bond motifs is 1. The van der Waals surface area contributed by atoms with Crippen LogP contribution < -0.4 is 10.6 Å². The van der Waals surface area contributed by atoms with E-state index in [1.54, 1.807) is 38.5 Å². The van der Waals surface area contributed by atoms with Gasteiger partial charge in [-0.2, -0.15) is 5.10 Å². The number of carbonyl (C=O) groups is 1. The Morgan fingerprint density at radius 3 is 2.56 bits per heavy atom. The zero-order chi connectivity index (χ0) is 22.8. The van der Waals surface area contributed by atoms with Crippen molar-refractivity contribution in [3.05, 3.63) is 76.5 Å². The summed E-state index contributed by atoms with van der Waals surface area (Å²) >= 11 is 0. The van der Waals surface area contributed by atoms with E-state index in [-0.39, 0.29) is 11.7 Å². The second-order valence-electron chi connectivity index (χ2n) is 7.83. The number of hydrogen-bond acceptors (Lipinski definition) is 5. The maximum atomic E-state index is 14.5. The molecule has 0 aliphatic rings. The van der Waals surface area contributed by atoms with Crippen LogP contribution in [0.25, 0.3) is 10.9 Å². The highest BCUT2D eigenvalue weighted by atomic mass is 19.1. The van der Waals surface area contributed by atoms with Crippen molar-refractivity contribution >= 4 is 28.4 Å². The van der Waals surface area contributed by atoms with Crippen molar-refractivity contribution in [3.63, 3.8) is 0 Å². The average Bonchev–Trinajstić information content (AvgIpc) is 3.07. The molecule has 0 saturated carbocycles. The van der Waals surface area contributed by atoms with Crippen molar-refractivity contribution in [2.45, 2.75) is 26.7 Å². The Morgan fingerprint density at radius 1 is 1.09 bits per heavy atom. The standard InChI is InChI=1S/C24H25FN6O/c1-14-9-18(23(32)26-3)10-17(22(14)25)6-5-16-12-27-24(28-13-16)29-19-7-8-20-15(2)31(4)30-21(20)11-19/h7-13H,5-6H2,1-4H3,(H,26,32)(H,27,28,29). The molecule has 7 nitrogen and oxygen atoms in total. The van der Waals surface area contributed by atoms with E-state index in [1.165, 1.54) is 0 Å². The summed E-state index contributed by atoms with van der Waals surface area (Å²) in [6.45, 7) is 3.70. The lowest BCUT2D eigenvalue weighted by Gasteiger charge is -2.10. The molecule has 2 heterocycles. The van der Waals surface area contributed by atoms with Gasteiger partial charge in [0.1, 0.15) is 5.82 Å². The molecule has 8 heteroatoms. The van der Waals surface area contributed by atoms with Gasteiger partial charge in [-0.25, -0.2) is 14.4 Å². The number of carbonyl (C=O) groups excluding carboxylic acids is 1. The zero-order valence-corrected chi connectivity index (χ0v) is 18.5. The Balaban J connectivity index is 1.44. The van der Waals surface area contributed by atoms with Crippen LogP contribution in [0.2, 0.25) is 0 Å². The lowest BCUT2D eigenvalue weighted by Crippen LogP contribution is -2.18. The van der Waals surface area contributed by atoms with Gasteiger partial charge in [0.25, 0.3) is 5.91 Å². The van der Waals surface area contributed by atoms with E-state index in [1.807, 2.05) is 36.9 Å². The number of aryl methyl sites for hydroxylation is 5. The quantitative estimate of drug-likeness (QED) is 0.481. The second-order valence-corrected chi connectivity index (χ2v) is 7.83. The van der Waals surface area contributed by atoms with Gasteiger partial charge in [-0.15, -0.1) is 0 Å². The van der Waals surface area contributed by atoms with E-state index < -0.39 is 0 Å². The topological polar surface area (TPSA) is 84.7 Å². The van der Waals surface area contributed by atoms with Gasteiger partial charge in [0.05, 0.1) is 5.52 Å². The van der Waals surface area contributed by atoms with Gasteiger partial charge in [0.2, 0.25) is 5.95 Å². The number of hydrogen-bond donors (Lipinski definition) is 2. The maximum absolute atomic E-state index is 14.5. The average molecular weight is 433 g/mol. The molecule has 0 fully saturated rings. The number of rotatable bonds is 6. The zero-order valence-electron chi connectivity index (χ0n) is 18.5. The molecule has 32 heavy (non-hydrogen) atoms. The highest BCUT2D eigenvalue weighted by Crippen LogP contribution is 2.23. The lowest BCUT2D eigenvalue weighted by atomic mass is 10.00. The first-order valence-corrected chi connectivity index (χ1v) is 10.4. The Hall–Kier alpha value is -3.81. The molecule has 2 aromatic heterocycles. The highest BCUT2D eigenvalue weighted by molar-refractivity contribution is 5.94. The Kier molecular flexibility index (Phi) is 5.85.